The highest BCUT2D eigenvalue weighted by Crippen LogP contribution is 2.46. The third kappa shape index (κ3) is 6.68. The van der Waals surface area contributed by atoms with E-state index in [0.29, 0.717) is 43.2 Å². The van der Waals surface area contributed by atoms with Gasteiger partial charge in [0.2, 0.25) is 11.8 Å². The highest BCUT2D eigenvalue weighted by atomic mass is 19.3. The molecule has 3 fully saturated rings. The van der Waals surface area contributed by atoms with Crippen molar-refractivity contribution in [2.75, 3.05) is 69.3 Å². The zero-order chi connectivity index (χ0) is 40.5. The number of carbonyl (C=O) groups excluding carboxylic acids is 3. The molecule has 4 aromatic rings. The summed E-state index contributed by atoms with van der Waals surface area (Å²) in [7, 11) is 1.67. The van der Waals surface area contributed by atoms with Gasteiger partial charge in [0.25, 0.3) is 12.3 Å². The topological polar surface area (TPSA) is 114 Å². The summed E-state index contributed by atoms with van der Waals surface area (Å²) in [4.78, 5) is 52.3. The number of hydrogen-bond acceptors (Lipinski definition) is 9. The minimum Gasteiger partial charge on any atom is -0.496 e. The van der Waals surface area contributed by atoms with Crippen molar-refractivity contribution in [2.45, 2.75) is 76.2 Å². The molecule has 1 aromatic heterocycles. The Morgan fingerprint density at radius 2 is 1.78 bits per heavy atom. The summed E-state index contributed by atoms with van der Waals surface area (Å²) >= 11 is 0. The van der Waals surface area contributed by atoms with Crippen LogP contribution in [0.3, 0.4) is 0 Å². The van der Waals surface area contributed by atoms with Crippen molar-refractivity contribution < 1.29 is 32.6 Å². The molecule has 59 heavy (non-hydrogen) atoms. The lowest BCUT2D eigenvalue weighted by molar-refractivity contribution is -0.136. The highest BCUT2D eigenvalue weighted by Gasteiger charge is 2.44. The molecule has 0 unspecified atom stereocenters. The number of piperidine rings is 2. The van der Waals surface area contributed by atoms with E-state index < -0.39 is 18.4 Å². The normalized spacial score (nSPS) is 25.2. The molecular weight excluding hydrogens is 757 g/mol. The maximum absolute atomic E-state index is 14.1. The first kappa shape index (κ1) is 38.0. The van der Waals surface area contributed by atoms with Crippen LogP contribution < -0.4 is 24.6 Å². The number of alkyl halides is 2. The van der Waals surface area contributed by atoms with Crippen LogP contribution in [-0.2, 0) is 22.6 Å². The lowest BCUT2D eigenvalue weighted by atomic mass is 9.88. The van der Waals surface area contributed by atoms with E-state index in [4.69, 9.17) is 9.47 Å². The fourth-order valence-corrected chi connectivity index (χ4v) is 10.9. The number of aromatic amines is 1. The number of hydrogen-bond donors (Lipinski definition) is 2. The molecule has 0 aliphatic carbocycles. The van der Waals surface area contributed by atoms with Gasteiger partial charge in [-0.2, -0.15) is 0 Å². The summed E-state index contributed by atoms with van der Waals surface area (Å²) in [5.74, 6) is 1.13. The number of carbonyl (C=O) groups is 3. The first-order chi connectivity index (χ1) is 28.6. The van der Waals surface area contributed by atoms with Gasteiger partial charge in [0.15, 0.2) is 0 Å². The fourth-order valence-electron chi connectivity index (χ4n) is 10.9. The predicted molar refractivity (Wildman–Crippen MR) is 220 cm³/mol. The fraction of sp³-hybridized carbons (Fsp3) is 0.489. The van der Waals surface area contributed by atoms with Crippen LogP contribution in [0, 0.1) is 5.92 Å². The minimum absolute atomic E-state index is 0.0684. The number of imide groups is 1. The molecule has 4 atom stereocenters. The molecule has 6 aliphatic rings. The van der Waals surface area contributed by atoms with Crippen LogP contribution in [-0.4, -0.2) is 121 Å². The van der Waals surface area contributed by atoms with Crippen molar-refractivity contribution in [1.29, 1.82) is 0 Å². The monoisotopic (exact) mass is 807 g/mol. The number of halogens is 2. The van der Waals surface area contributed by atoms with E-state index in [1.54, 1.807) is 12.0 Å². The number of nitrogens with one attached hydrogen (secondary N) is 2. The third-order valence-electron chi connectivity index (χ3n) is 13.8. The van der Waals surface area contributed by atoms with E-state index in [1.165, 1.54) is 5.56 Å². The van der Waals surface area contributed by atoms with Gasteiger partial charge in [0, 0.05) is 96.8 Å². The Bertz CT molecular complexity index is 2310. The molecular formula is C45H51F2N7O5. The number of fused-ring (bicyclic) bond motifs is 8. The van der Waals surface area contributed by atoms with Gasteiger partial charge in [-0.1, -0.05) is 24.3 Å². The summed E-state index contributed by atoms with van der Waals surface area (Å²) in [5, 5.41) is 3.53. The molecule has 0 saturated carbocycles. The number of nitrogens with zero attached hydrogens (tertiary/aromatic N) is 5. The van der Waals surface area contributed by atoms with Gasteiger partial charge in [0.1, 0.15) is 24.1 Å². The number of H-pyrrole nitrogens is 1. The molecule has 12 nitrogen and oxygen atoms in total. The van der Waals surface area contributed by atoms with Crippen LogP contribution in [0.5, 0.6) is 11.5 Å². The number of aromatic nitrogens is 1. The largest absolute Gasteiger partial charge is 0.496 e. The van der Waals surface area contributed by atoms with E-state index >= 15 is 0 Å². The van der Waals surface area contributed by atoms with Crippen LogP contribution in [0.25, 0.3) is 10.9 Å². The smallest absolute Gasteiger partial charge is 0.255 e. The van der Waals surface area contributed by atoms with Crippen LogP contribution in [0.2, 0.25) is 0 Å². The molecule has 0 bridgehead atoms. The summed E-state index contributed by atoms with van der Waals surface area (Å²) in [6, 6.07) is 17.5. The molecule has 0 spiro atoms. The average molecular weight is 808 g/mol. The molecule has 2 N–H and O–H groups in total. The quantitative estimate of drug-likeness (QED) is 0.228. The minimum atomic E-state index is -2.45. The van der Waals surface area contributed by atoms with Gasteiger partial charge in [0.05, 0.1) is 38.0 Å². The SMILES string of the molecule is COc1cc(N2CCC(CN3CCN4c5ccc6c(c5OC[C@H]4C3)CN([C@H]3CCC(=O)NC3=O)C6=O)CC2)ccc1[C@H]1c2[nH]c3ccccc3c2C[C@@H](C)N1CC(F)F. The molecule has 7 heterocycles. The molecule has 14 heteroatoms. The molecule has 0 radical (unpaired) electrons. The highest BCUT2D eigenvalue weighted by molar-refractivity contribution is 6.06. The van der Waals surface area contributed by atoms with Gasteiger partial charge in [-0.05, 0) is 68.4 Å². The lowest BCUT2D eigenvalue weighted by Crippen LogP contribution is -2.58. The summed E-state index contributed by atoms with van der Waals surface area (Å²) in [6.07, 6.45) is 0.941. The average Bonchev–Trinajstić information content (AvgIpc) is 3.77. The van der Waals surface area contributed by atoms with Crippen molar-refractivity contribution in [3.8, 4) is 11.5 Å². The molecule has 6 aliphatic heterocycles. The number of para-hydroxylation sites is 1. The second kappa shape index (κ2) is 15.1. The number of amides is 3. The van der Waals surface area contributed by atoms with E-state index in [2.05, 4.69) is 55.3 Å². The molecule has 10 rings (SSSR count). The first-order valence-electron chi connectivity index (χ1n) is 21.1. The van der Waals surface area contributed by atoms with Crippen molar-refractivity contribution in [3.05, 3.63) is 82.5 Å². The number of anilines is 2. The lowest BCUT2D eigenvalue weighted by Gasteiger charge is -2.47. The number of ether oxygens (including phenoxy) is 2. The maximum atomic E-state index is 14.1. The third-order valence-corrected chi connectivity index (χ3v) is 13.8. The number of methoxy groups -OCH3 is 1. The number of rotatable bonds is 8. The molecule has 3 aromatic carbocycles. The van der Waals surface area contributed by atoms with Crippen LogP contribution in [0.15, 0.2) is 54.6 Å². The summed E-state index contributed by atoms with van der Waals surface area (Å²) in [5.41, 5.74) is 7.59. The Hall–Kier alpha value is -5.21. The van der Waals surface area contributed by atoms with Gasteiger partial charge in [-0.25, -0.2) is 8.78 Å². The predicted octanol–water partition coefficient (Wildman–Crippen LogP) is 5.34. The van der Waals surface area contributed by atoms with Gasteiger partial charge < -0.3 is 29.2 Å². The Morgan fingerprint density at radius 1 is 0.949 bits per heavy atom. The Morgan fingerprint density at radius 3 is 2.58 bits per heavy atom. The first-order valence-corrected chi connectivity index (χ1v) is 21.1. The second-order valence-corrected chi connectivity index (χ2v) is 17.2. The number of benzene rings is 3. The summed E-state index contributed by atoms with van der Waals surface area (Å²) < 4.78 is 40.6. The van der Waals surface area contributed by atoms with Crippen LogP contribution in [0.1, 0.15) is 71.4 Å². The maximum Gasteiger partial charge on any atom is 0.255 e. The van der Waals surface area contributed by atoms with Gasteiger partial charge in [-0.15, -0.1) is 0 Å². The van der Waals surface area contributed by atoms with Crippen LogP contribution >= 0.6 is 0 Å². The van der Waals surface area contributed by atoms with Gasteiger partial charge in [-0.3, -0.25) is 29.5 Å². The zero-order valence-corrected chi connectivity index (χ0v) is 33.6. The van der Waals surface area contributed by atoms with E-state index in [-0.39, 0.29) is 42.9 Å². The zero-order valence-electron chi connectivity index (χ0n) is 33.6. The second-order valence-electron chi connectivity index (χ2n) is 17.2. The van der Waals surface area contributed by atoms with Crippen molar-refractivity contribution in [3.63, 3.8) is 0 Å². The van der Waals surface area contributed by atoms with Gasteiger partial charge >= 0.3 is 0 Å². The van der Waals surface area contributed by atoms with Crippen molar-refractivity contribution >= 4 is 40.0 Å². The number of piperazine rings is 1. The molecule has 3 saturated heterocycles. The van der Waals surface area contributed by atoms with E-state index in [9.17, 15) is 23.2 Å². The summed E-state index contributed by atoms with van der Waals surface area (Å²) in [6.45, 7) is 8.15. The van der Waals surface area contributed by atoms with E-state index in [0.717, 1.165) is 97.0 Å². The Labute approximate surface area is 342 Å². The molecule has 310 valence electrons. The Kier molecular flexibility index (Phi) is 9.74. The molecule has 3 amide bonds. The van der Waals surface area contributed by atoms with Crippen molar-refractivity contribution in [1.82, 2.24) is 25.0 Å². The standard InChI is InChI=1S/C45H51F2N7O5/c1-26-19-33-30-5-3-4-6-35(30)48-41(33)42(53(26)24-39(46)47)32-8-7-28(20-38(32)58-2)51-15-13-27(14-16-51)21-50-17-18-52-29(22-50)25-59-43-34-23-54(37-11-12-40(55)49-44(37)56)45(57)31(34)9-10-36(43)52/h3-10,20,26-27,29,37,39,42,48H,11-19,21-25H2,1-2H3,(H,49,55,56)/t26-,29-,37+,42+/m1/s1. The van der Waals surface area contributed by atoms with E-state index in [1.807, 2.05) is 36.1 Å². The van der Waals surface area contributed by atoms with Crippen LogP contribution in [0.4, 0.5) is 20.2 Å². The Balaban J connectivity index is 0.784. The van der Waals surface area contributed by atoms with Crippen molar-refractivity contribution in [2.24, 2.45) is 5.92 Å².